The Hall–Kier alpha value is -4.32. The summed E-state index contributed by atoms with van der Waals surface area (Å²) in [5, 5.41) is 16.3. The molecule has 0 spiro atoms. The highest BCUT2D eigenvalue weighted by atomic mass is 19.4. The highest BCUT2D eigenvalue weighted by molar-refractivity contribution is 5.96. The number of rotatable bonds is 5. The fourth-order valence-corrected chi connectivity index (χ4v) is 4.24. The number of benzene rings is 2. The molecule has 37 heavy (non-hydrogen) atoms. The Morgan fingerprint density at radius 2 is 1.81 bits per heavy atom. The van der Waals surface area contributed by atoms with Crippen LogP contribution in [0.15, 0.2) is 59.7 Å². The second-order valence-electron chi connectivity index (χ2n) is 8.53. The summed E-state index contributed by atoms with van der Waals surface area (Å²) >= 11 is 0. The zero-order chi connectivity index (χ0) is 26.9. The van der Waals surface area contributed by atoms with Gasteiger partial charge in [0.1, 0.15) is 0 Å². The van der Waals surface area contributed by atoms with E-state index in [-0.39, 0.29) is 5.69 Å². The number of carboxylic acids is 1. The molecule has 0 saturated heterocycles. The van der Waals surface area contributed by atoms with Crippen LogP contribution in [0.25, 0.3) is 38.9 Å². The van der Waals surface area contributed by atoms with Gasteiger partial charge in [0.05, 0.1) is 11.2 Å². The lowest BCUT2D eigenvalue weighted by Crippen LogP contribution is -2.21. The molecule has 194 valence electrons. The van der Waals surface area contributed by atoms with Crippen LogP contribution in [0.5, 0.6) is 0 Å². The third-order valence-electron chi connectivity index (χ3n) is 5.91. The molecule has 0 amide bonds. The van der Waals surface area contributed by atoms with Crippen LogP contribution in [0.4, 0.5) is 13.2 Å². The average molecular weight is 515 g/mol. The number of aromatic nitrogens is 5. The van der Waals surface area contributed by atoms with E-state index < -0.39 is 12.1 Å². The number of nitrogens with one attached hydrogen (secondary N) is 1. The van der Waals surface area contributed by atoms with Gasteiger partial charge < -0.3 is 20.0 Å². The SMILES string of the molecule is Cc1ccc2c(c1)c(-n1c(-c3cn(C)c4ccccc34)n[nH]c1=O)cn2CCCN.O=C(O)C(F)(F)F. The van der Waals surface area contributed by atoms with Crippen molar-refractivity contribution in [3.05, 3.63) is 70.9 Å². The van der Waals surface area contributed by atoms with Crippen LogP contribution in [0.2, 0.25) is 0 Å². The second kappa shape index (κ2) is 9.97. The van der Waals surface area contributed by atoms with Crippen molar-refractivity contribution in [3.63, 3.8) is 0 Å². The Balaban J connectivity index is 0.000000405. The lowest BCUT2D eigenvalue weighted by molar-refractivity contribution is -0.192. The van der Waals surface area contributed by atoms with Gasteiger partial charge >= 0.3 is 17.8 Å². The van der Waals surface area contributed by atoms with E-state index in [1.165, 1.54) is 0 Å². The summed E-state index contributed by atoms with van der Waals surface area (Å²) in [4.78, 5) is 21.8. The lowest BCUT2D eigenvalue weighted by atomic mass is 10.1. The van der Waals surface area contributed by atoms with Crippen molar-refractivity contribution >= 4 is 27.8 Å². The number of carboxylic acid groups (broad SMARTS) is 1. The summed E-state index contributed by atoms with van der Waals surface area (Å²) in [5.41, 5.74) is 10.6. The summed E-state index contributed by atoms with van der Waals surface area (Å²) in [6.45, 7) is 3.48. The number of nitrogens with two attached hydrogens (primary N) is 1. The van der Waals surface area contributed by atoms with Gasteiger partial charge in [-0.05, 0) is 38.1 Å². The van der Waals surface area contributed by atoms with E-state index in [4.69, 9.17) is 15.6 Å². The molecule has 0 saturated carbocycles. The molecule has 9 nitrogen and oxygen atoms in total. The maximum absolute atomic E-state index is 12.9. The van der Waals surface area contributed by atoms with Gasteiger partial charge in [0, 0.05) is 47.8 Å². The molecule has 0 radical (unpaired) electrons. The normalized spacial score (nSPS) is 11.6. The first-order valence-corrected chi connectivity index (χ1v) is 11.3. The fourth-order valence-electron chi connectivity index (χ4n) is 4.24. The van der Waals surface area contributed by atoms with Crippen molar-refractivity contribution in [1.82, 2.24) is 23.9 Å². The number of H-pyrrole nitrogens is 1. The van der Waals surface area contributed by atoms with Crippen molar-refractivity contribution < 1.29 is 23.1 Å². The second-order valence-corrected chi connectivity index (χ2v) is 8.53. The first-order chi connectivity index (χ1) is 17.5. The van der Waals surface area contributed by atoms with Crippen LogP contribution < -0.4 is 11.4 Å². The molecule has 0 aliphatic carbocycles. The van der Waals surface area contributed by atoms with Gasteiger partial charge in [-0.2, -0.15) is 18.3 Å². The smallest absolute Gasteiger partial charge is 0.475 e. The first-order valence-electron chi connectivity index (χ1n) is 11.3. The number of carbonyl (C=O) groups is 1. The molecule has 5 aromatic rings. The van der Waals surface area contributed by atoms with Crippen LogP contribution in [-0.4, -0.2) is 47.7 Å². The summed E-state index contributed by atoms with van der Waals surface area (Å²) in [7, 11) is 2.00. The van der Waals surface area contributed by atoms with E-state index in [0.29, 0.717) is 12.4 Å². The van der Waals surface area contributed by atoms with Crippen molar-refractivity contribution in [2.75, 3.05) is 6.54 Å². The molecular formula is C25H25F3N6O3. The largest absolute Gasteiger partial charge is 0.490 e. The minimum Gasteiger partial charge on any atom is -0.475 e. The van der Waals surface area contributed by atoms with Gasteiger partial charge in [-0.15, -0.1) is 0 Å². The Labute approximate surface area is 208 Å². The van der Waals surface area contributed by atoms with E-state index in [2.05, 4.69) is 56.6 Å². The standard InChI is InChI=1S/C23H24N6O.C2HF3O2/c1-15-8-9-20-17(12-15)21(14-28(20)11-5-10-24)29-22(25-26-23(29)30)18-13-27(2)19-7-4-3-6-16(18)19;3-2(4,5)1(6)7/h3-4,6-9,12-14H,5,10-11,24H2,1-2H3,(H,26,30);(H,6,7). The molecule has 3 aromatic heterocycles. The number of nitrogens with zero attached hydrogens (tertiary/aromatic N) is 4. The van der Waals surface area contributed by atoms with E-state index >= 15 is 0 Å². The summed E-state index contributed by atoms with van der Waals surface area (Å²) < 4.78 is 37.6. The number of para-hydroxylation sites is 1. The molecule has 0 unspecified atom stereocenters. The van der Waals surface area contributed by atoms with Crippen LogP contribution in [0.1, 0.15) is 12.0 Å². The van der Waals surface area contributed by atoms with Crippen LogP contribution >= 0.6 is 0 Å². The summed E-state index contributed by atoms with van der Waals surface area (Å²) in [5.74, 6) is -2.15. The predicted octanol–water partition coefficient (Wildman–Crippen LogP) is 3.96. The van der Waals surface area contributed by atoms with Crippen molar-refractivity contribution in [1.29, 1.82) is 0 Å². The number of alkyl halides is 3. The number of fused-ring (bicyclic) bond motifs is 2. The molecule has 5 rings (SSSR count). The Bertz CT molecular complexity index is 1640. The van der Waals surface area contributed by atoms with Gasteiger partial charge in [0.2, 0.25) is 0 Å². The highest BCUT2D eigenvalue weighted by Gasteiger charge is 2.38. The summed E-state index contributed by atoms with van der Waals surface area (Å²) in [6.07, 6.45) is -0.158. The molecule has 0 aliphatic heterocycles. The third kappa shape index (κ3) is 5.00. The molecule has 12 heteroatoms. The topological polar surface area (TPSA) is 124 Å². The van der Waals surface area contributed by atoms with Crippen molar-refractivity contribution in [2.45, 2.75) is 26.1 Å². The maximum atomic E-state index is 12.9. The van der Waals surface area contributed by atoms with E-state index in [1.54, 1.807) is 4.57 Å². The number of hydrogen-bond acceptors (Lipinski definition) is 4. The van der Waals surface area contributed by atoms with Crippen LogP contribution in [0, 0.1) is 6.92 Å². The molecule has 0 bridgehead atoms. The zero-order valence-corrected chi connectivity index (χ0v) is 20.1. The van der Waals surface area contributed by atoms with Gasteiger partial charge in [-0.3, -0.25) is 0 Å². The monoisotopic (exact) mass is 514 g/mol. The third-order valence-corrected chi connectivity index (χ3v) is 5.91. The van der Waals surface area contributed by atoms with Gasteiger partial charge in [0.15, 0.2) is 5.82 Å². The maximum Gasteiger partial charge on any atom is 0.490 e. The van der Waals surface area contributed by atoms with Gasteiger partial charge in [0.25, 0.3) is 0 Å². The number of hydrogen-bond donors (Lipinski definition) is 3. The predicted molar refractivity (Wildman–Crippen MR) is 134 cm³/mol. The number of aromatic amines is 1. The minimum atomic E-state index is -5.08. The Kier molecular flexibility index (Phi) is 6.94. The molecule has 0 atom stereocenters. The number of halogens is 3. The minimum absolute atomic E-state index is 0.252. The van der Waals surface area contributed by atoms with Crippen LogP contribution in [0.3, 0.4) is 0 Å². The first kappa shape index (κ1) is 25.8. The highest BCUT2D eigenvalue weighted by Crippen LogP contribution is 2.32. The van der Waals surface area contributed by atoms with E-state index in [0.717, 1.165) is 51.6 Å². The Morgan fingerprint density at radius 1 is 1.11 bits per heavy atom. The quantitative estimate of drug-likeness (QED) is 0.328. The zero-order valence-electron chi connectivity index (χ0n) is 20.1. The van der Waals surface area contributed by atoms with Gasteiger partial charge in [-0.1, -0.05) is 29.8 Å². The van der Waals surface area contributed by atoms with Crippen molar-refractivity contribution in [2.24, 2.45) is 12.8 Å². The lowest BCUT2D eigenvalue weighted by Gasteiger charge is -2.04. The molecular weight excluding hydrogens is 489 g/mol. The van der Waals surface area contributed by atoms with Gasteiger partial charge in [-0.25, -0.2) is 19.3 Å². The molecule has 2 aromatic carbocycles. The fraction of sp³-hybridized carbons (Fsp3) is 0.240. The average Bonchev–Trinajstić information content (AvgIpc) is 3.50. The Morgan fingerprint density at radius 3 is 2.49 bits per heavy atom. The van der Waals surface area contributed by atoms with Crippen LogP contribution in [-0.2, 0) is 18.4 Å². The molecule has 0 fully saturated rings. The molecule has 0 aliphatic rings. The number of aliphatic carboxylic acids is 1. The number of aryl methyl sites for hydroxylation is 3. The van der Waals surface area contributed by atoms with E-state index in [1.807, 2.05) is 31.6 Å². The van der Waals surface area contributed by atoms with Crippen molar-refractivity contribution in [3.8, 4) is 17.1 Å². The van der Waals surface area contributed by atoms with E-state index in [9.17, 15) is 18.0 Å². The molecule has 3 heterocycles. The summed E-state index contributed by atoms with van der Waals surface area (Å²) in [6, 6.07) is 14.5. The molecule has 4 N–H and O–H groups in total.